The molecule has 0 aliphatic heterocycles. The molecule has 0 aliphatic rings. The van der Waals surface area contributed by atoms with E-state index in [2.05, 4.69) is 13.8 Å². The zero-order valence-electron chi connectivity index (χ0n) is 15.2. The highest BCUT2D eigenvalue weighted by Crippen LogP contribution is 2.23. The summed E-state index contributed by atoms with van der Waals surface area (Å²) >= 11 is 0. The highest BCUT2D eigenvalue weighted by atomic mass is 16.2. The third-order valence-corrected chi connectivity index (χ3v) is 3.77. The molecule has 1 rings (SSSR count). The maximum Gasteiger partial charge on any atom is 0.246 e. The van der Waals surface area contributed by atoms with Gasteiger partial charge >= 0.3 is 0 Å². The van der Waals surface area contributed by atoms with Crippen molar-refractivity contribution in [1.29, 1.82) is 0 Å². The van der Waals surface area contributed by atoms with Crippen LogP contribution in [0, 0.1) is 11.3 Å². The van der Waals surface area contributed by atoms with Crippen LogP contribution < -0.4 is 0 Å². The van der Waals surface area contributed by atoms with Crippen molar-refractivity contribution in [3.63, 3.8) is 0 Å². The fourth-order valence-corrected chi connectivity index (χ4v) is 2.39. The molecule has 0 unspecified atom stereocenters. The summed E-state index contributed by atoms with van der Waals surface area (Å²) in [6.45, 7) is 9.85. The van der Waals surface area contributed by atoms with Crippen LogP contribution in [0.4, 0.5) is 0 Å². The number of hydrogen-bond donors (Lipinski definition) is 0. The number of likely N-dealkylation sites (N-methyl/N-ethyl adjacent to an activating group) is 1. The number of carbonyl (C=O) groups excluding carboxylic acids is 2. The fraction of sp³-hybridized carbons (Fsp3) is 0.500. The third-order valence-electron chi connectivity index (χ3n) is 3.77. The molecule has 1 aromatic rings. The average Bonchev–Trinajstić information content (AvgIpc) is 2.48. The molecule has 0 heterocycles. The molecule has 0 saturated carbocycles. The van der Waals surface area contributed by atoms with E-state index in [1.165, 1.54) is 0 Å². The summed E-state index contributed by atoms with van der Waals surface area (Å²) in [6, 6.07) is 9.29. The molecule has 0 radical (unpaired) electrons. The molecule has 0 bridgehead atoms. The molecule has 0 spiro atoms. The Labute approximate surface area is 140 Å². The number of nitrogens with zero attached hydrogens (tertiary/aromatic N) is 1. The van der Waals surface area contributed by atoms with Crippen LogP contribution in [-0.4, -0.2) is 29.7 Å². The van der Waals surface area contributed by atoms with Gasteiger partial charge in [0.1, 0.15) is 0 Å². The van der Waals surface area contributed by atoms with Gasteiger partial charge in [-0.1, -0.05) is 65.0 Å². The highest BCUT2D eigenvalue weighted by Gasteiger charge is 2.34. The van der Waals surface area contributed by atoms with E-state index < -0.39 is 5.41 Å². The molecule has 3 nitrogen and oxygen atoms in total. The van der Waals surface area contributed by atoms with Crippen molar-refractivity contribution in [2.24, 2.45) is 11.3 Å². The third kappa shape index (κ3) is 6.01. The SMILES string of the molecule is CC(C)C[C@H](C(=O)C(C)(C)C)N(C)C(=O)/C=C/c1ccccc1. The Bertz CT molecular complexity index is 553. The fourth-order valence-electron chi connectivity index (χ4n) is 2.39. The van der Waals surface area contributed by atoms with Gasteiger partial charge in [0, 0.05) is 18.5 Å². The largest absolute Gasteiger partial charge is 0.332 e. The summed E-state index contributed by atoms with van der Waals surface area (Å²) in [6.07, 6.45) is 4.00. The van der Waals surface area contributed by atoms with Gasteiger partial charge < -0.3 is 4.90 Å². The molecular weight excluding hydrogens is 286 g/mol. The van der Waals surface area contributed by atoms with E-state index in [0.29, 0.717) is 12.3 Å². The van der Waals surface area contributed by atoms with Crippen molar-refractivity contribution in [2.75, 3.05) is 7.05 Å². The quantitative estimate of drug-likeness (QED) is 0.738. The smallest absolute Gasteiger partial charge is 0.246 e. The molecule has 0 aliphatic carbocycles. The Kier molecular flexibility index (Phi) is 6.74. The van der Waals surface area contributed by atoms with Gasteiger partial charge in [0.2, 0.25) is 5.91 Å². The number of hydrogen-bond acceptors (Lipinski definition) is 2. The summed E-state index contributed by atoms with van der Waals surface area (Å²) in [5.74, 6) is 0.312. The number of ketones is 1. The number of amides is 1. The predicted octanol–water partition coefficient (Wildman–Crippen LogP) is 4.19. The maximum atomic E-state index is 12.7. The van der Waals surface area contributed by atoms with Crippen LogP contribution in [0.25, 0.3) is 6.08 Å². The van der Waals surface area contributed by atoms with Gasteiger partial charge in [-0.25, -0.2) is 0 Å². The van der Waals surface area contributed by atoms with Crippen LogP contribution in [0.3, 0.4) is 0 Å². The molecule has 0 N–H and O–H groups in total. The molecule has 1 amide bonds. The summed E-state index contributed by atoms with van der Waals surface area (Å²) in [5, 5.41) is 0. The zero-order chi connectivity index (χ0) is 17.6. The molecular formula is C20H29NO2. The van der Waals surface area contributed by atoms with Crippen molar-refractivity contribution in [2.45, 2.75) is 47.1 Å². The summed E-state index contributed by atoms with van der Waals surface area (Å²) < 4.78 is 0. The van der Waals surface area contributed by atoms with Crippen LogP contribution in [0.1, 0.15) is 46.6 Å². The van der Waals surface area contributed by atoms with Crippen molar-refractivity contribution in [3.8, 4) is 0 Å². The van der Waals surface area contributed by atoms with Gasteiger partial charge in [0.15, 0.2) is 5.78 Å². The lowest BCUT2D eigenvalue weighted by Gasteiger charge is -2.32. The molecule has 0 saturated heterocycles. The molecule has 126 valence electrons. The minimum Gasteiger partial charge on any atom is -0.332 e. The van der Waals surface area contributed by atoms with Gasteiger partial charge in [-0.15, -0.1) is 0 Å². The monoisotopic (exact) mass is 315 g/mol. The number of benzene rings is 1. The summed E-state index contributed by atoms with van der Waals surface area (Å²) in [5.41, 5.74) is 0.508. The van der Waals surface area contributed by atoms with Crippen molar-refractivity contribution >= 4 is 17.8 Å². The number of Topliss-reactive ketones (excluding diaryl/α,β-unsaturated/α-hetero) is 1. The summed E-state index contributed by atoms with van der Waals surface area (Å²) in [4.78, 5) is 26.7. The van der Waals surface area contributed by atoms with Gasteiger partial charge in [0.05, 0.1) is 6.04 Å². The highest BCUT2D eigenvalue weighted by molar-refractivity contribution is 5.97. The van der Waals surface area contributed by atoms with Crippen LogP contribution in [0.5, 0.6) is 0 Å². The second kappa shape index (κ2) is 8.09. The molecule has 0 fully saturated rings. The Balaban J connectivity index is 2.91. The molecule has 1 atom stereocenters. The first-order valence-electron chi connectivity index (χ1n) is 8.17. The van der Waals surface area contributed by atoms with Crippen LogP contribution in [0.15, 0.2) is 36.4 Å². The average molecular weight is 315 g/mol. The molecule has 3 heteroatoms. The first kappa shape index (κ1) is 19.1. The van der Waals surface area contributed by atoms with E-state index in [1.54, 1.807) is 24.1 Å². The van der Waals surface area contributed by atoms with Crippen molar-refractivity contribution in [3.05, 3.63) is 42.0 Å². The van der Waals surface area contributed by atoms with E-state index in [4.69, 9.17) is 0 Å². The van der Waals surface area contributed by atoms with E-state index in [9.17, 15) is 9.59 Å². The lowest BCUT2D eigenvalue weighted by molar-refractivity contribution is -0.139. The number of rotatable bonds is 6. The van der Waals surface area contributed by atoms with E-state index in [1.807, 2.05) is 51.1 Å². The topological polar surface area (TPSA) is 37.4 Å². The Morgan fingerprint density at radius 2 is 1.70 bits per heavy atom. The lowest BCUT2D eigenvalue weighted by atomic mass is 9.83. The van der Waals surface area contributed by atoms with Crippen LogP contribution in [0.2, 0.25) is 0 Å². The maximum absolute atomic E-state index is 12.7. The standard InChI is InChI=1S/C20H29NO2/c1-15(2)14-17(19(23)20(3,4)5)21(6)18(22)13-12-16-10-8-7-9-11-16/h7-13,15,17H,14H2,1-6H3/b13-12+/t17-/m1/s1. The lowest BCUT2D eigenvalue weighted by Crippen LogP contribution is -2.46. The Morgan fingerprint density at radius 1 is 1.13 bits per heavy atom. The van der Waals surface area contributed by atoms with Crippen molar-refractivity contribution in [1.82, 2.24) is 4.90 Å². The second-order valence-corrected chi connectivity index (χ2v) is 7.45. The van der Waals surface area contributed by atoms with E-state index in [0.717, 1.165) is 5.56 Å². The van der Waals surface area contributed by atoms with Crippen molar-refractivity contribution < 1.29 is 9.59 Å². The normalized spacial score (nSPS) is 13.3. The van der Waals surface area contributed by atoms with Gasteiger partial charge in [0.25, 0.3) is 0 Å². The van der Waals surface area contributed by atoms with E-state index >= 15 is 0 Å². The first-order chi connectivity index (χ1) is 10.6. The minimum absolute atomic E-state index is 0.107. The Morgan fingerprint density at radius 3 is 2.17 bits per heavy atom. The molecule has 23 heavy (non-hydrogen) atoms. The van der Waals surface area contributed by atoms with Gasteiger partial charge in [-0.3, -0.25) is 9.59 Å². The summed E-state index contributed by atoms with van der Waals surface area (Å²) in [7, 11) is 1.72. The Hall–Kier alpha value is -1.90. The molecule has 1 aromatic carbocycles. The second-order valence-electron chi connectivity index (χ2n) is 7.45. The van der Waals surface area contributed by atoms with Gasteiger partial charge in [-0.05, 0) is 24.0 Å². The molecule has 0 aromatic heterocycles. The zero-order valence-corrected chi connectivity index (χ0v) is 15.2. The van der Waals surface area contributed by atoms with E-state index in [-0.39, 0.29) is 17.7 Å². The van der Waals surface area contributed by atoms with Gasteiger partial charge in [-0.2, -0.15) is 0 Å². The first-order valence-corrected chi connectivity index (χ1v) is 8.17. The predicted molar refractivity (Wildman–Crippen MR) is 96.0 cm³/mol. The van der Waals surface area contributed by atoms with Crippen LogP contribution in [-0.2, 0) is 9.59 Å². The number of carbonyl (C=O) groups is 2. The van der Waals surface area contributed by atoms with Crippen LogP contribution >= 0.6 is 0 Å². The minimum atomic E-state index is -0.461.